The molecular formula is C15H17BrN2O2S. The molecule has 6 heteroatoms. The summed E-state index contributed by atoms with van der Waals surface area (Å²) in [6, 6.07) is 12.3. The number of hydrogen-bond acceptors (Lipinski definition) is 3. The quantitative estimate of drug-likeness (QED) is 0.796. The minimum absolute atomic E-state index is 0.187. The van der Waals surface area contributed by atoms with Crippen molar-refractivity contribution in [3.05, 3.63) is 58.1 Å². The Balaban J connectivity index is 2.17. The van der Waals surface area contributed by atoms with E-state index in [0.29, 0.717) is 5.69 Å². The summed E-state index contributed by atoms with van der Waals surface area (Å²) in [5.74, 6) is 0. The van der Waals surface area contributed by atoms with Crippen molar-refractivity contribution in [2.24, 2.45) is 0 Å². The molecule has 0 saturated carbocycles. The average Bonchev–Trinajstić information content (AvgIpc) is 2.45. The zero-order valence-electron chi connectivity index (χ0n) is 11.6. The molecule has 0 aliphatic heterocycles. The SMILES string of the molecule is CCc1ccc(S(=O)(=O)NCc2cccc(Br)c2)cc1N. The lowest BCUT2D eigenvalue weighted by molar-refractivity contribution is 0.581. The van der Waals surface area contributed by atoms with E-state index in [1.54, 1.807) is 12.1 Å². The van der Waals surface area contributed by atoms with Gasteiger partial charge >= 0.3 is 0 Å². The van der Waals surface area contributed by atoms with E-state index in [2.05, 4.69) is 20.7 Å². The van der Waals surface area contributed by atoms with Crippen LogP contribution in [0.2, 0.25) is 0 Å². The van der Waals surface area contributed by atoms with Gasteiger partial charge in [0.15, 0.2) is 0 Å². The van der Waals surface area contributed by atoms with Gasteiger partial charge in [-0.15, -0.1) is 0 Å². The van der Waals surface area contributed by atoms with Crippen LogP contribution in [0.3, 0.4) is 0 Å². The van der Waals surface area contributed by atoms with Crippen LogP contribution in [-0.4, -0.2) is 8.42 Å². The number of halogens is 1. The molecule has 0 fully saturated rings. The molecule has 0 aliphatic carbocycles. The Labute approximate surface area is 133 Å². The smallest absolute Gasteiger partial charge is 0.240 e. The van der Waals surface area contributed by atoms with E-state index in [1.807, 2.05) is 31.2 Å². The van der Waals surface area contributed by atoms with Crippen molar-refractivity contribution in [3.8, 4) is 0 Å². The first-order valence-electron chi connectivity index (χ1n) is 6.55. The summed E-state index contributed by atoms with van der Waals surface area (Å²) < 4.78 is 28.0. The van der Waals surface area contributed by atoms with Gasteiger partial charge in [0.25, 0.3) is 0 Å². The summed E-state index contributed by atoms with van der Waals surface area (Å²) >= 11 is 3.36. The van der Waals surface area contributed by atoms with Gasteiger partial charge in [0.05, 0.1) is 4.90 Å². The van der Waals surface area contributed by atoms with Crippen LogP contribution < -0.4 is 10.5 Å². The maximum Gasteiger partial charge on any atom is 0.240 e. The van der Waals surface area contributed by atoms with Crippen molar-refractivity contribution in [3.63, 3.8) is 0 Å². The van der Waals surface area contributed by atoms with Gasteiger partial charge in [-0.3, -0.25) is 0 Å². The fourth-order valence-electron chi connectivity index (χ4n) is 1.97. The molecule has 0 heterocycles. The number of anilines is 1. The molecule has 0 radical (unpaired) electrons. The number of benzene rings is 2. The van der Waals surface area contributed by atoms with Gasteiger partial charge in [-0.2, -0.15) is 0 Å². The van der Waals surface area contributed by atoms with E-state index >= 15 is 0 Å². The number of nitrogens with two attached hydrogens (primary N) is 1. The molecule has 0 saturated heterocycles. The molecular weight excluding hydrogens is 352 g/mol. The molecule has 0 atom stereocenters. The molecule has 2 rings (SSSR count). The summed E-state index contributed by atoms with van der Waals surface area (Å²) in [5.41, 5.74) is 8.19. The average molecular weight is 369 g/mol. The minimum Gasteiger partial charge on any atom is -0.398 e. The zero-order valence-corrected chi connectivity index (χ0v) is 14.0. The number of sulfonamides is 1. The van der Waals surface area contributed by atoms with Crippen LogP contribution in [0.5, 0.6) is 0 Å². The second-order valence-corrected chi connectivity index (χ2v) is 7.35. The van der Waals surface area contributed by atoms with E-state index in [1.165, 1.54) is 6.07 Å². The summed E-state index contributed by atoms with van der Waals surface area (Å²) in [5, 5.41) is 0. The second-order valence-electron chi connectivity index (χ2n) is 4.67. The second kappa shape index (κ2) is 6.60. The van der Waals surface area contributed by atoms with E-state index < -0.39 is 10.0 Å². The Morgan fingerprint density at radius 2 is 1.95 bits per heavy atom. The molecule has 0 bridgehead atoms. The van der Waals surface area contributed by atoms with Crippen molar-refractivity contribution < 1.29 is 8.42 Å². The third-order valence-corrected chi connectivity index (χ3v) is 5.06. The van der Waals surface area contributed by atoms with E-state index in [9.17, 15) is 8.42 Å². The number of nitrogens with one attached hydrogen (secondary N) is 1. The first-order chi connectivity index (χ1) is 9.92. The fourth-order valence-corrected chi connectivity index (χ4v) is 3.47. The number of rotatable bonds is 5. The third kappa shape index (κ3) is 4.06. The predicted molar refractivity (Wildman–Crippen MR) is 88.4 cm³/mol. The van der Waals surface area contributed by atoms with Gasteiger partial charge in [0.2, 0.25) is 10.0 Å². The van der Waals surface area contributed by atoms with E-state index in [4.69, 9.17) is 5.73 Å². The highest BCUT2D eigenvalue weighted by molar-refractivity contribution is 9.10. The van der Waals surface area contributed by atoms with Gasteiger partial charge in [0.1, 0.15) is 0 Å². The van der Waals surface area contributed by atoms with Gasteiger partial charge in [0, 0.05) is 16.7 Å². The van der Waals surface area contributed by atoms with Crippen molar-refractivity contribution >= 4 is 31.6 Å². The van der Waals surface area contributed by atoms with E-state index in [-0.39, 0.29) is 11.4 Å². The molecule has 0 aliphatic rings. The van der Waals surface area contributed by atoms with Crippen LogP contribution in [0.4, 0.5) is 5.69 Å². The van der Waals surface area contributed by atoms with E-state index in [0.717, 1.165) is 22.0 Å². The molecule has 2 aromatic carbocycles. The minimum atomic E-state index is -3.56. The van der Waals surface area contributed by atoms with Crippen molar-refractivity contribution in [1.29, 1.82) is 0 Å². The first-order valence-corrected chi connectivity index (χ1v) is 8.82. The molecule has 0 aromatic heterocycles. The monoisotopic (exact) mass is 368 g/mol. The molecule has 2 aromatic rings. The Bertz CT molecular complexity index is 745. The highest BCUT2D eigenvalue weighted by atomic mass is 79.9. The Morgan fingerprint density at radius 1 is 1.19 bits per heavy atom. The predicted octanol–water partition coefficient (Wildman–Crippen LogP) is 3.07. The fraction of sp³-hybridized carbons (Fsp3) is 0.200. The van der Waals surface area contributed by atoms with Gasteiger partial charge in [-0.25, -0.2) is 13.1 Å². The summed E-state index contributed by atoms with van der Waals surface area (Å²) in [6.45, 7) is 2.21. The largest absolute Gasteiger partial charge is 0.398 e. The molecule has 0 amide bonds. The van der Waals surface area contributed by atoms with Crippen LogP contribution in [0.1, 0.15) is 18.1 Å². The van der Waals surface area contributed by atoms with Crippen molar-refractivity contribution in [1.82, 2.24) is 4.72 Å². The highest BCUT2D eigenvalue weighted by Crippen LogP contribution is 2.19. The van der Waals surface area contributed by atoms with Crippen LogP contribution in [0.25, 0.3) is 0 Å². The lowest BCUT2D eigenvalue weighted by Crippen LogP contribution is -2.23. The molecule has 0 unspecified atom stereocenters. The zero-order chi connectivity index (χ0) is 15.5. The lowest BCUT2D eigenvalue weighted by Gasteiger charge is -2.09. The third-order valence-electron chi connectivity index (χ3n) is 3.16. The molecule has 21 heavy (non-hydrogen) atoms. The Morgan fingerprint density at radius 3 is 2.57 bits per heavy atom. The van der Waals surface area contributed by atoms with Crippen molar-refractivity contribution in [2.75, 3.05) is 5.73 Å². The molecule has 3 N–H and O–H groups in total. The van der Waals surface area contributed by atoms with Crippen LogP contribution in [-0.2, 0) is 23.0 Å². The standard InChI is InChI=1S/C15H17BrN2O2S/c1-2-12-6-7-14(9-15(12)17)21(19,20)18-10-11-4-3-5-13(16)8-11/h3-9,18H,2,10,17H2,1H3. The van der Waals surface area contributed by atoms with Gasteiger partial charge < -0.3 is 5.73 Å². The summed E-state index contributed by atoms with van der Waals surface area (Å²) in [6.07, 6.45) is 0.775. The molecule has 4 nitrogen and oxygen atoms in total. The Kier molecular flexibility index (Phi) is 5.03. The lowest BCUT2D eigenvalue weighted by atomic mass is 10.1. The first kappa shape index (κ1) is 16.0. The summed E-state index contributed by atoms with van der Waals surface area (Å²) in [7, 11) is -3.56. The van der Waals surface area contributed by atoms with Gasteiger partial charge in [-0.1, -0.05) is 41.1 Å². The maximum absolute atomic E-state index is 12.3. The number of nitrogen functional groups attached to an aromatic ring is 1. The highest BCUT2D eigenvalue weighted by Gasteiger charge is 2.14. The van der Waals surface area contributed by atoms with Gasteiger partial charge in [-0.05, 0) is 41.8 Å². The topological polar surface area (TPSA) is 72.2 Å². The van der Waals surface area contributed by atoms with Crippen LogP contribution in [0.15, 0.2) is 51.8 Å². The number of aryl methyl sites for hydroxylation is 1. The number of hydrogen-bond donors (Lipinski definition) is 2. The Hall–Kier alpha value is -1.37. The normalized spacial score (nSPS) is 11.5. The van der Waals surface area contributed by atoms with Crippen molar-refractivity contribution in [2.45, 2.75) is 24.8 Å². The molecule has 112 valence electrons. The maximum atomic E-state index is 12.3. The van der Waals surface area contributed by atoms with Crippen LogP contribution >= 0.6 is 15.9 Å². The van der Waals surface area contributed by atoms with Crippen LogP contribution in [0, 0.1) is 0 Å². The summed E-state index contributed by atoms with van der Waals surface area (Å²) in [4.78, 5) is 0.187. The molecule has 0 spiro atoms.